The van der Waals surface area contributed by atoms with E-state index in [0.717, 1.165) is 11.3 Å². The minimum Gasteiger partial charge on any atom is -0.376 e. The van der Waals surface area contributed by atoms with Gasteiger partial charge < -0.3 is 5.32 Å². The number of aromatic nitrogens is 2. The molecule has 118 valence electrons. The van der Waals surface area contributed by atoms with E-state index in [9.17, 15) is 8.78 Å². The highest BCUT2D eigenvalue weighted by atomic mass is 19.1. The van der Waals surface area contributed by atoms with E-state index >= 15 is 0 Å². The maximum Gasteiger partial charge on any atom is 0.131 e. The summed E-state index contributed by atoms with van der Waals surface area (Å²) in [4.78, 5) is 0. The Kier molecular flexibility index (Phi) is 4.37. The van der Waals surface area contributed by atoms with Crippen LogP contribution in [-0.2, 0) is 6.54 Å². The van der Waals surface area contributed by atoms with E-state index in [-0.39, 0.29) is 5.56 Å². The molecule has 2 aromatic carbocycles. The summed E-state index contributed by atoms with van der Waals surface area (Å²) in [6.45, 7) is 2.36. The molecular weight excluding hydrogens is 296 g/mol. The molecule has 0 saturated heterocycles. The molecule has 0 radical (unpaired) electrons. The van der Waals surface area contributed by atoms with Crippen molar-refractivity contribution in [1.29, 1.82) is 0 Å². The zero-order chi connectivity index (χ0) is 16.2. The number of hydrogen-bond donors (Lipinski definition) is 1. The van der Waals surface area contributed by atoms with Gasteiger partial charge in [0, 0.05) is 11.8 Å². The number of nitrogens with one attached hydrogen (secondary N) is 1. The zero-order valence-corrected chi connectivity index (χ0v) is 12.7. The topological polar surface area (TPSA) is 29.9 Å². The van der Waals surface area contributed by atoms with E-state index < -0.39 is 17.7 Å². The highest BCUT2D eigenvalue weighted by Gasteiger charge is 2.16. The van der Waals surface area contributed by atoms with E-state index in [1.54, 1.807) is 17.8 Å². The number of anilines is 1. The molecule has 0 spiro atoms. The molecule has 1 atom stereocenters. The first-order valence-corrected chi connectivity index (χ1v) is 7.40. The maximum absolute atomic E-state index is 13.8. The molecule has 0 fully saturated rings. The van der Waals surface area contributed by atoms with Crippen molar-refractivity contribution in [2.24, 2.45) is 0 Å². The van der Waals surface area contributed by atoms with Gasteiger partial charge in [0.15, 0.2) is 0 Å². The van der Waals surface area contributed by atoms with E-state index in [1.807, 2.05) is 36.5 Å². The number of rotatable bonds is 5. The summed E-state index contributed by atoms with van der Waals surface area (Å²) in [5, 5.41) is 7.35. The lowest BCUT2D eigenvalue weighted by Crippen LogP contribution is -2.10. The normalized spacial score (nSPS) is 12.1. The number of benzene rings is 2. The van der Waals surface area contributed by atoms with E-state index in [4.69, 9.17) is 0 Å². The van der Waals surface area contributed by atoms with Crippen LogP contribution in [0.15, 0.2) is 60.9 Å². The molecule has 0 amide bonds. The van der Waals surface area contributed by atoms with Gasteiger partial charge in [-0.05, 0) is 24.6 Å². The van der Waals surface area contributed by atoms with Gasteiger partial charge in [-0.1, -0.05) is 36.4 Å². The monoisotopic (exact) mass is 313 g/mol. The highest BCUT2D eigenvalue weighted by molar-refractivity contribution is 5.42. The molecule has 0 bridgehead atoms. The second-order valence-corrected chi connectivity index (χ2v) is 5.41. The van der Waals surface area contributed by atoms with Gasteiger partial charge >= 0.3 is 0 Å². The summed E-state index contributed by atoms with van der Waals surface area (Å²) in [5.74, 6) is -1.11. The maximum atomic E-state index is 13.8. The molecular formula is C18H17F2N3. The molecule has 1 heterocycles. The summed E-state index contributed by atoms with van der Waals surface area (Å²) in [7, 11) is 0. The minimum atomic E-state index is -0.554. The van der Waals surface area contributed by atoms with Gasteiger partial charge in [0.05, 0.1) is 24.5 Å². The second kappa shape index (κ2) is 6.60. The molecule has 23 heavy (non-hydrogen) atoms. The van der Waals surface area contributed by atoms with Crippen LogP contribution >= 0.6 is 0 Å². The Morgan fingerprint density at radius 3 is 2.43 bits per heavy atom. The average molecular weight is 313 g/mol. The lowest BCUT2D eigenvalue weighted by molar-refractivity contribution is 0.544. The van der Waals surface area contributed by atoms with Crippen molar-refractivity contribution in [3.05, 3.63) is 83.7 Å². The number of halogens is 2. The third-order valence-electron chi connectivity index (χ3n) is 3.64. The highest BCUT2D eigenvalue weighted by Crippen LogP contribution is 2.24. The molecule has 1 aromatic heterocycles. The fraction of sp³-hybridized carbons (Fsp3) is 0.167. The van der Waals surface area contributed by atoms with Gasteiger partial charge in [-0.3, -0.25) is 4.68 Å². The van der Waals surface area contributed by atoms with Crippen molar-refractivity contribution in [3.8, 4) is 0 Å². The third kappa shape index (κ3) is 3.56. The van der Waals surface area contributed by atoms with E-state index in [2.05, 4.69) is 10.4 Å². The molecule has 5 heteroatoms. The predicted octanol–water partition coefficient (Wildman–Crippen LogP) is 4.38. The SMILES string of the molecule is CC(Nc1cnn(Cc2ccccc2)c1)c1c(F)cccc1F. The molecule has 0 saturated carbocycles. The molecule has 1 unspecified atom stereocenters. The van der Waals surface area contributed by atoms with Crippen LogP contribution in [0, 0.1) is 11.6 Å². The van der Waals surface area contributed by atoms with Gasteiger partial charge in [-0.15, -0.1) is 0 Å². The van der Waals surface area contributed by atoms with E-state index in [0.29, 0.717) is 6.54 Å². The minimum absolute atomic E-state index is 0.0308. The Morgan fingerprint density at radius 1 is 1.04 bits per heavy atom. The van der Waals surface area contributed by atoms with Crippen molar-refractivity contribution < 1.29 is 8.78 Å². The Bertz CT molecular complexity index is 764. The lowest BCUT2D eigenvalue weighted by atomic mass is 10.1. The summed E-state index contributed by atoms with van der Waals surface area (Å²) < 4.78 is 29.4. The Hall–Kier alpha value is -2.69. The zero-order valence-electron chi connectivity index (χ0n) is 12.7. The van der Waals surface area contributed by atoms with Gasteiger partial charge in [-0.25, -0.2) is 8.78 Å². The van der Waals surface area contributed by atoms with Crippen molar-refractivity contribution in [2.45, 2.75) is 19.5 Å². The number of nitrogens with zero attached hydrogens (tertiary/aromatic N) is 2. The molecule has 3 aromatic rings. The van der Waals surface area contributed by atoms with Crippen LogP contribution < -0.4 is 5.32 Å². The number of hydrogen-bond acceptors (Lipinski definition) is 2. The molecule has 1 N–H and O–H groups in total. The van der Waals surface area contributed by atoms with Crippen LogP contribution in [-0.4, -0.2) is 9.78 Å². The van der Waals surface area contributed by atoms with Crippen LogP contribution in [0.3, 0.4) is 0 Å². The van der Waals surface area contributed by atoms with Gasteiger partial charge in [0.1, 0.15) is 11.6 Å². The van der Waals surface area contributed by atoms with Crippen molar-refractivity contribution in [3.63, 3.8) is 0 Å². The average Bonchev–Trinajstić information content (AvgIpc) is 2.95. The van der Waals surface area contributed by atoms with Crippen molar-refractivity contribution in [1.82, 2.24) is 9.78 Å². The predicted molar refractivity (Wildman–Crippen MR) is 86.2 cm³/mol. The van der Waals surface area contributed by atoms with Crippen molar-refractivity contribution >= 4 is 5.69 Å². The Morgan fingerprint density at radius 2 is 1.74 bits per heavy atom. The smallest absolute Gasteiger partial charge is 0.131 e. The first-order valence-electron chi connectivity index (χ1n) is 7.40. The van der Waals surface area contributed by atoms with Gasteiger partial charge in [0.2, 0.25) is 0 Å². The van der Waals surface area contributed by atoms with Gasteiger partial charge in [-0.2, -0.15) is 5.10 Å². The summed E-state index contributed by atoms with van der Waals surface area (Å²) in [5.41, 5.74) is 1.88. The first-order chi connectivity index (χ1) is 11.1. The summed E-state index contributed by atoms with van der Waals surface area (Å²) in [6, 6.07) is 13.3. The van der Waals surface area contributed by atoms with E-state index in [1.165, 1.54) is 18.2 Å². The summed E-state index contributed by atoms with van der Waals surface area (Å²) in [6.07, 6.45) is 3.47. The standard InChI is InChI=1S/C18H17F2N3/c1-13(18-16(19)8-5-9-17(18)20)22-15-10-21-23(12-15)11-14-6-3-2-4-7-14/h2-10,12-13,22H,11H2,1H3. The molecule has 0 aliphatic heterocycles. The molecule has 3 rings (SSSR count). The van der Waals surface area contributed by atoms with Crippen LogP contribution in [0.5, 0.6) is 0 Å². The Labute approximate surface area is 133 Å². The van der Waals surface area contributed by atoms with Crippen LogP contribution in [0.4, 0.5) is 14.5 Å². The van der Waals surface area contributed by atoms with Crippen LogP contribution in [0.25, 0.3) is 0 Å². The fourth-order valence-electron chi connectivity index (χ4n) is 2.54. The van der Waals surface area contributed by atoms with Crippen molar-refractivity contribution in [2.75, 3.05) is 5.32 Å². The fourth-order valence-corrected chi connectivity index (χ4v) is 2.54. The third-order valence-corrected chi connectivity index (χ3v) is 3.64. The quantitative estimate of drug-likeness (QED) is 0.757. The summed E-state index contributed by atoms with van der Waals surface area (Å²) >= 11 is 0. The first kappa shape index (κ1) is 15.2. The molecule has 0 aliphatic rings. The Balaban J connectivity index is 1.71. The molecule has 0 aliphatic carbocycles. The molecule has 3 nitrogen and oxygen atoms in total. The van der Waals surface area contributed by atoms with Crippen LogP contribution in [0.1, 0.15) is 24.1 Å². The lowest BCUT2D eigenvalue weighted by Gasteiger charge is -2.15. The van der Waals surface area contributed by atoms with Gasteiger partial charge in [0.25, 0.3) is 0 Å². The van der Waals surface area contributed by atoms with Crippen LogP contribution in [0.2, 0.25) is 0 Å². The largest absolute Gasteiger partial charge is 0.376 e. The second-order valence-electron chi connectivity index (χ2n) is 5.41.